The molecule has 1 aliphatic heterocycles. The van der Waals surface area contributed by atoms with Crippen LogP contribution in [0.3, 0.4) is 0 Å². The largest absolute Gasteiger partial charge is 0.388 e. The Morgan fingerprint density at radius 3 is 2.62 bits per heavy atom. The molecule has 2 aromatic carbocycles. The van der Waals surface area contributed by atoms with Crippen molar-refractivity contribution in [2.45, 2.75) is 12.5 Å². The maximum atomic E-state index is 12.1. The Bertz CT molecular complexity index is 675. The van der Waals surface area contributed by atoms with Gasteiger partial charge in [-0.3, -0.25) is 4.79 Å². The molecule has 3 rings (SSSR count). The number of carbonyl (C=O) groups is 1. The van der Waals surface area contributed by atoms with Crippen molar-refractivity contribution in [3.63, 3.8) is 0 Å². The van der Waals surface area contributed by atoms with E-state index >= 15 is 0 Å². The quantitative estimate of drug-likeness (QED) is 0.930. The van der Waals surface area contributed by atoms with Crippen LogP contribution in [0, 0.1) is 0 Å². The molecule has 0 spiro atoms. The van der Waals surface area contributed by atoms with Crippen LogP contribution in [0.25, 0.3) is 0 Å². The second-order valence-electron chi connectivity index (χ2n) is 4.67. The minimum absolute atomic E-state index is 0.0293. The summed E-state index contributed by atoms with van der Waals surface area (Å²) in [7, 11) is 0. The summed E-state index contributed by atoms with van der Waals surface area (Å²) in [5, 5.41) is 7.01. The molecule has 1 atom stereocenters. The molecule has 21 heavy (non-hydrogen) atoms. The third-order valence-electron chi connectivity index (χ3n) is 3.24. The van der Waals surface area contributed by atoms with Crippen LogP contribution in [0.2, 0.25) is 5.02 Å². The molecule has 0 saturated carbocycles. The minimum Gasteiger partial charge on any atom is -0.388 e. The number of nitrogens with one attached hydrogen (secondary N) is 1. The number of oxime groups is 1. The summed E-state index contributed by atoms with van der Waals surface area (Å²) >= 11 is 6.01. The standard InChI is InChI=1S/C16H13ClN2O2/c17-14-4-2-1-3-13(14)16(20)19-12-7-5-11(6-8-12)15-9-10-18-21-15/h1-8,10,15H,9H2,(H,19,20)/t15-/m0/s1. The minimum atomic E-state index is -0.228. The number of hydrogen-bond donors (Lipinski definition) is 1. The van der Waals surface area contributed by atoms with E-state index in [2.05, 4.69) is 10.5 Å². The highest BCUT2D eigenvalue weighted by atomic mass is 35.5. The van der Waals surface area contributed by atoms with Gasteiger partial charge in [0.15, 0.2) is 6.10 Å². The molecule has 0 bridgehead atoms. The van der Waals surface area contributed by atoms with Gasteiger partial charge in [0.2, 0.25) is 0 Å². The number of amides is 1. The SMILES string of the molecule is O=C(Nc1ccc([C@@H]2CC=NO2)cc1)c1ccccc1Cl. The van der Waals surface area contributed by atoms with E-state index in [1.54, 1.807) is 30.5 Å². The van der Waals surface area contributed by atoms with Crippen molar-refractivity contribution in [3.8, 4) is 0 Å². The van der Waals surface area contributed by atoms with E-state index in [1.807, 2.05) is 24.3 Å². The van der Waals surface area contributed by atoms with Gasteiger partial charge in [0, 0.05) is 18.3 Å². The fourth-order valence-electron chi connectivity index (χ4n) is 2.12. The molecule has 1 heterocycles. The van der Waals surface area contributed by atoms with E-state index in [0.29, 0.717) is 16.3 Å². The van der Waals surface area contributed by atoms with Crippen molar-refractivity contribution in [2.24, 2.45) is 5.16 Å². The lowest BCUT2D eigenvalue weighted by atomic mass is 10.1. The van der Waals surface area contributed by atoms with Crippen molar-refractivity contribution in [1.29, 1.82) is 0 Å². The molecule has 0 aliphatic carbocycles. The fourth-order valence-corrected chi connectivity index (χ4v) is 2.34. The third-order valence-corrected chi connectivity index (χ3v) is 3.57. The molecule has 2 aromatic rings. The van der Waals surface area contributed by atoms with Gasteiger partial charge < -0.3 is 10.2 Å². The molecule has 106 valence electrons. The highest BCUT2D eigenvalue weighted by Gasteiger charge is 2.16. The second kappa shape index (κ2) is 5.97. The molecule has 5 heteroatoms. The third kappa shape index (κ3) is 3.06. The van der Waals surface area contributed by atoms with Gasteiger partial charge in [0.1, 0.15) is 0 Å². The van der Waals surface area contributed by atoms with Crippen LogP contribution in [0.1, 0.15) is 28.4 Å². The summed E-state index contributed by atoms with van der Waals surface area (Å²) in [5.41, 5.74) is 2.20. The van der Waals surface area contributed by atoms with E-state index < -0.39 is 0 Å². The molecule has 0 aromatic heterocycles. The van der Waals surface area contributed by atoms with Crippen molar-refractivity contribution in [3.05, 3.63) is 64.7 Å². The number of hydrogen-bond acceptors (Lipinski definition) is 3. The maximum absolute atomic E-state index is 12.1. The average molecular weight is 301 g/mol. The second-order valence-corrected chi connectivity index (χ2v) is 5.08. The number of carbonyl (C=O) groups excluding carboxylic acids is 1. The molecule has 0 unspecified atom stereocenters. The lowest BCUT2D eigenvalue weighted by molar-refractivity contribution is 0.0858. The summed E-state index contributed by atoms with van der Waals surface area (Å²) in [4.78, 5) is 17.3. The maximum Gasteiger partial charge on any atom is 0.257 e. The first kappa shape index (κ1) is 13.6. The van der Waals surface area contributed by atoms with Crippen molar-refractivity contribution in [2.75, 3.05) is 5.32 Å². The van der Waals surface area contributed by atoms with Gasteiger partial charge in [-0.25, -0.2) is 0 Å². The molecule has 0 saturated heterocycles. The van der Waals surface area contributed by atoms with Crippen LogP contribution in [-0.4, -0.2) is 12.1 Å². The number of rotatable bonds is 3. The molecular weight excluding hydrogens is 288 g/mol. The van der Waals surface area contributed by atoms with Gasteiger partial charge in [-0.15, -0.1) is 0 Å². The van der Waals surface area contributed by atoms with Crippen LogP contribution >= 0.6 is 11.6 Å². The molecule has 1 amide bonds. The Morgan fingerprint density at radius 1 is 1.19 bits per heavy atom. The smallest absolute Gasteiger partial charge is 0.257 e. The van der Waals surface area contributed by atoms with Crippen LogP contribution in [0.4, 0.5) is 5.69 Å². The molecular formula is C16H13ClN2O2. The molecule has 0 fully saturated rings. The molecule has 4 nitrogen and oxygen atoms in total. The first-order valence-electron chi connectivity index (χ1n) is 6.57. The first-order valence-corrected chi connectivity index (χ1v) is 6.95. The zero-order valence-electron chi connectivity index (χ0n) is 11.1. The summed E-state index contributed by atoms with van der Waals surface area (Å²) < 4.78 is 0. The lowest BCUT2D eigenvalue weighted by Gasteiger charge is -2.10. The molecule has 1 aliphatic rings. The highest BCUT2D eigenvalue weighted by molar-refractivity contribution is 6.34. The monoisotopic (exact) mass is 300 g/mol. The van der Waals surface area contributed by atoms with Crippen LogP contribution in [0.15, 0.2) is 53.7 Å². The predicted molar refractivity (Wildman–Crippen MR) is 82.8 cm³/mol. The van der Waals surface area contributed by atoms with E-state index in [9.17, 15) is 4.79 Å². The summed E-state index contributed by atoms with van der Waals surface area (Å²) in [6.45, 7) is 0. The summed E-state index contributed by atoms with van der Waals surface area (Å²) in [5.74, 6) is -0.228. The topological polar surface area (TPSA) is 50.7 Å². The van der Waals surface area contributed by atoms with Crippen molar-refractivity contribution < 1.29 is 9.63 Å². The normalized spacial score (nSPS) is 16.5. The Balaban J connectivity index is 1.70. The molecule has 1 N–H and O–H groups in total. The Hall–Kier alpha value is -2.33. The van der Waals surface area contributed by atoms with Crippen LogP contribution in [-0.2, 0) is 4.84 Å². The van der Waals surface area contributed by atoms with Crippen LogP contribution in [0.5, 0.6) is 0 Å². The van der Waals surface area contributed by atoms with E-state index in [-0.39, 0.29) is 12.0 Å². The number of anilines is 1. The Morgan fingerprint density at radius 2 is 1.95 bits per heavy atom. The summed E-state index contributed by atoms with van der Waals surface area (Å²) in [6.07, 6.45) is 2.49. The zero-order chi connectivity index (χ0) is 14.7. The van der Waals surface area contributed by atoms with Gasteiger partial charge in [-0.05, 0) is 29.8 Å². The predicted octanol–water partition coefficient (Wildman–Crippen LogP) is 4.04. The Kier molecular flexibility index (Phi) is 3.88. The van der Waals surface area contributed by atoms with E-state index in [0.717, 1.165) is 12.0 Å². The van der Waals surface area contributed by atoms with Crippen molar-refractivity contribution in [1.82, 2.24) is 0 Å². The highest BCUT2D eigenvalue weighted by Crippen LogP contribution is 2.25. The fraction of sp³-hybridized carbons (Fsp3) is 0.125. The number of halogens is 1. The van der Waals surface area contributed by atoms with E-state index in [1.165, 1.54) is 0 Å². The van der Waals surface area contributed by atoms with E-state index in [4.69, 9.17) is 16.4 Å². The number of nitrogens with zero attached hydrogens (tertiary/aromatic N) is 1. The van der Waals surface area contributed by atoms with Gasteiger partial charge in [-0.2, -0.15) is 0 Å². The summed E-state index contributed by atoms with van der Waals surface area (Å²) in [6, 6.07) is 14.5. The van der Waals surface area contributed by atoms with Gasteiger partial charge >= 0.3 is 0 Å². The zero-order valence-corrected chi connectivity index (χ0v) is 11.9. The number of benzene rings is 2. The first-order chi connectivity index (χ1) is 10.2. The van der Waals surface area contributed by atoms with Gasteiger partial charge in [0.05, 0.1) is 10.6 Å². The Labute approximate surface area is 127 Å². The molecule has 0 radical (unpaired) electrons. The average Bonchev–Trinajstić information content (AvgIpc) is 3.02. The van der Waals surface area contributed by atoms with Crippen molar-refractivity contribution >= 4 is 29.4 Å². The van der Waals surface area contributed by atoms with Gasteiger partial charge in [-0.1, -0.05) is 41.0 Å². The van der Waals surface area contributed by atoms with Crippen LogP contribution < -0.4 is 5.32 Å². The lowest BCUT2D eigenvalue weighted by Crippen LogP contribution is -2.12. The van der Waals surface area contributed by atoms with Gasteiger partial charge in [0.25, 0.3) is 5.91 Å².